The van der Waals surface area contributed by atoms with Gasteiger partial charge in [0.25, 0.3) is 5.91 Å². The Bertz CT molecular complexity index is 1230. The third kappa shape index (κ3) is 6.73. The molecule has 8 nitrogen and oxygen atoms in total. The number of carboxylic acids is 1. The van der Waals surface area contributed by atoms with Crippen molar-refractivity contribution in [2.24, 2.45) is 0 Å². The molecule has 4 N–H and O–H groups in total. The third-order valence-corrected chi connectivity index (χ3v) is 4.40. The molecule has 0 radical (unpaired) electrons. The quantitative estimate of drug-likeness (QED) is 0.365. The van der Waals surface area contributed by atoms with Gasteiger partial charge in [0, 0.05) is 23.5 Å². The van der Waals surface area contributed by atoms with Crippen molar-refractivity contribution in [3.05, 3.63) is 95.6 Å². The van der Waals surface area contributed by atoms with Gasteiger partial charge in [0.15, 0.2) is 0 Å². The number of pyridine rings is 2. The summed E-state index contributed by atoms with van der Waals surface area (Å²) in [5.74, 6) is -1.51. The molecule has 34 heavy (non-hydrogen) atoms. The van der Waals surface area contributed by atoms with Crippen molar-refractivity contribution in [3.63, 3.8) is 0 Å². The highest BCUT2D eigenvalue weighted by Crippen LogP contribution is 2.27. The van der Waals surface area contributed by atoms with Crippen molar-refractivity contribution in [2.45, 2.75) is 12.6 Å². The number of carbonyl (C=O) groups is 2. The predicted octanol–water partition coefficient (Wildman–Crippen LogP) is 4.28. The summed E-state index contributed by atoms with van der Waals surface area (Å²) in [7, 11) is 0. The Morgan fingerprint density at radius 1 is 1.03 bits per heavy atom. The Kier molecular flexibility index (Phi) is 7.36. The van der Waals surface area contributed by atoms with Crippen LogP contribution in [-0.2, 0) is 11.2 Å². The number of nitrogens with one attached hydrogen (secondary N) is 3. The van der Waals surface area contributed by atoms with Crippen LogP contribution in [0.15, 0.2) is 78.9 Å². The summed E-state index contributed by atoms with van der Waals surface area (Å²) in [4.78, 5) is 31.0. The van der Waals surface area contributed by atoms with Gasteiger partial charge < -0.3 is 21.1 Å². The Hall–Kier alpha value is -4.54. The highest BCUT2D eigenvalue weighted by molar-refractivity contribution is 6.07. The second-order valence-corrected chi connectivity index (χ2v) is 6.99. The van der Waals surface area contributed by atoms with Crippen LogP contribution in [0.4, 0.5) is 24.7 Å². The smallest absolute Gasteiger partial charge is 0.431 e. The summed E-state index contributed by atoms with van der Waals surface area (Å²) in [6.45, 7) is 0. The molecule has 3 rings (SSSR count). The highest BCUT2D eigenvalue weighted by Gasteiger charge is 2.34. The molecule has 3 aromatic rings. The lowest BCUT2D eigenvalue weighted by Gasteiger charge is -2.15. The maximum Gasteiger partial charge on any atom is 0.431 e. The van der Waals surface area contributed by atoms with Crippen LogP contribution < -0.4 is 10.6 Å². The van der Waals surface area contributed by atoms with E-state index in [2.05, 4.69) is 20.6 Å². The van der Waals surface area contributed by atoms with Crippen LogP contribution in [0.5, 0.6) is 0 Å². The Labute approximate surface area is 191 Å². The van der Waals surface area contributed by atoms with Gasteiger partial charge in [-0.2, -0.15) is 13.2 Å². The number of anilines is 2. The van der Waals surface area contributed by atoms with E-state index in [4.69, 9.17) is 10.5 Å². The van der Waals surface area contributed by atoms with E-state index < -0.39 is 23.7 Å². The molecule has 0 saturated carbocycles. The molecule has 0 unspecified atom stereocenters. The van der Waals surface area contributed by atoms with Crippen molar-refractivity contribution in [1.82, 2.24) is 9.97 Å². The normalized spacial score (nSPS) is 11.6. The van der Waals surface area contributed by atoms with E-state index in [1.807, 2.05) is 0 Å². The first-order chi connectivity index (χ1) is 16.1. The number of benzene rings is 1. The fourth-order valence-corrected chi connectivity index (χ4v) is 2.82. The first-order valence-corrected chi connectivity index (χ1v) is 9.75. The third-order valence-electron chi connectivity index (χ3n) is 4.40. The molecule has 0 saturated heterocycles. The van der Waals surface area contributed by atoms with Crippen LogP contribution in [-0.4, -0.2) is 38.8 Å². The average Bonchev–Trinajstić information content (AvgIpc) is 2.79. The van der Waals surface area contributed by atoms with E-state index in [9.17, 15) is 22.8 Å². The number of hydrogen-bond donors (Lipinski definition) is 4. The Balaban J connectivity index is 1.71. The lowest BCUT2D eigenvalue weighted by molar-refractivity contribution is -0.136. The zero-order valence-corrected chi connectivity index (χ0v) is 17.4. The molecule has 2 aromatic heterocycles. The van der Waals surface area contributed by atoms with Crippen molar-refractivity contribution in [2.75, 3.05) is 10.6 Å². The molecule has 0 aliphatic heterocycles. The Morgan fingerprint density at radius 3 is 2.41 bits per heavy atom. The van der Waals surface area contributed by atoms with Gasteiger partial charge in [0.05, 0.1) is 24.0 Å². The summed E-state index contributed by atoms with van der Waals surface area (Å²) in [5.41, 5.74) is -0.696. The number of amides is 1. The molecule has 1 aromatic carbocycles. The molecule has 0 atom stereocenters. The number of allylic oxidation sites excluding steroid dienone is 2. The van der Waals surface area contributed by atoms with Crippen LogP contribution in [0.1, 0.15) is 21.5 Å². The topological polar surface area (TPSA) is 128 Å². The Morgan fingerprint density at radius 2 is 1.79 bits per heavy atom. The summed E-state index contributed by atoms with van der Waals surface area (Å²) in [6.07, 6.45) is -0.526. The number of rotatable bonds is 8. The monoisotopic (exact) mass is 469 g/mol. The minimum Gasteiger partial charge on any atom is -0.481 e. The number of alkyl halides is 3. The van der Waals surface area contributed by atoms with Crippen molar-refractivity contribution >= 4 is 29.1 Å². The van der Waals surface area contributed by atoms with Crippen LogP contribution in [0.3, 0.4) is 0 Å². The van der Waals surface area contributed by atoms with Crippen molar-refractivity contribution in [3.8, 4) is 0 Å². The fraction of sp³-hybridized carbons (Fsp3) is 0.0870. The van der Waals surface area contributed by atoms with Gasteiger partial charge in [0.2, 0.25) is 0 Å². The second-order valence-electron chi connectivity index (χ2n) is 6.99. The fourth-order valence-electron chi connectivity index (χ4n) is 2.82. The van der Waals surface area contributed by atoms with Gasteiger partial charge in [-0.3, -0.25) is 14.6 Å². The number of nitrogens with zero attached hydrogens (tertiary/aromatic N) is 2. The van der Waals surface area contributed by atoms with Crippen LogP contribution >= 0.6 is 0 Å². The molecule has 2 heterocycles. The van der Waals surface area contributed by atoms with Gasteiger partial charge in [0.1, 0.15) is 11.5 Å². The summed E-state index contributed by atoms with van der Waals surface area (Å²) >= 11 is 0. The molecule has 174 valence electrons. The lowest BCUT2D eigenvalue weighted by Crippen LogP contribution is -2.21. The number of carboxylic acid groups (broad SMARTS) is 1. The minimum absolute atomic E-state index is 0.0102. The summed E-state index contributed by atoms with van der Waals surface area (Å²) < 4.78 is 40.4. The molecule has 11 heteroatoms. The standard InChI is InChI=1S/C23H18F3N5O3/c24-23(25,26)19(11-18(27)16-5-2-8-28-12-16)30-17-6-7-20(29-13-17)31-22(34)15-4-1-3-14(9-15)10-21(32)33/h1-9,11-13,27,30H,10H2,(H,32,33)(H,29,31,34)/b19-11-,27-18?. The highest BCUT2D eigenvalue weighted by atomic mass is 19.4. The van der Waals surface area contributed by atoms with Gasteiger partial charge in [-0.05, 0) is 48.0 Å². The van der Waals surface area contributed by atoms with Gasteiger partial charge >= 0.3 is 12.1 Å². The lowest BCUT2D eigenvalue weighted by atomic mass is 10.1. The van der Waals surface area contributed by atoms with Crippen LogP contribution in [0.25, 0.3) is 0 Å². The SMILES string of the molecule is N=C(/C=C(\Nc1ccc(NC(=O)c2cccc(CC(=O)O)c2)nc1)C(F)(F)F)c1cccnc1. The maximum absolute atomic E-state index is 13.5. The first-order valence-electron chi connectivity index (χ1n) is 9.75. The van der Waals surface area contributed by atoms with Crippen LogP contribution in [0, 0.1) is 5.41 Å². The first kappa shape index (κ1) is 24.1. The minimum atomic E-state index is -4.76. The second kappa shape index (κ2) is 10.4. The molecule has 1 amide bonds. The van der Waals surface area contributed by atoms with Crippen molar-refractivity contribution < 1.29 is 27.9 Å². The van der Waals surface area contributed by atoms with Crippen molar-refractivity contribution in [1.29, 1.82) is 5.41 Å². The van der Waals surface area contributed by atoms with Gasteiger partial charge in [-0.15, -0.1) is 0 Å². The molecular formula is C23H18F3N5O3. The van der Waals surface area contributed by atoms with E-state index >= 15 is 0 Å². The van der Waals surface area contributed by atoms with E-state index in [-0.39, 0.29) is 34.8 Å². The molecule has 0 fully saturated rings. The van der Waals surface area contributed by atoms with E-state index in [0.717, 1.165) is 6.20 Å². The molecule has 0 bridgehead atoms. The molecule has 0 aliphatic rings. The average molecular weight is 469 g/mol. The number of hydrogen-bond acceptors (Lipinski definition) is 6. The summed E-state index contributed by atoms with van der Waals surface area (Å²) in [5, 5.41) is 21.5. The molecule has 0 aliphatic carbocycles. The largest absolute Gasteiger partial charge is 0.481 e. The number of halogens is 3. The van der Waals surface area contributed by atoms with Gasteiger partial charge in [-0.1, -0.05) is 12.1 Å². The van der Waals surface area contributed by atoms with E-state index in [0.29, 0.717) is 11.6 Å². The summed E-state index contributed by atoms with van der Waals surface area (Å²) in [6, 6.07) is 11.6. The van der Waals surface area contributed by atoms with Gasteiger partial charge in [-0.25, -0.2) is 4.98 Å². The number of aromatic nitrogens is 2. The number of aliphatic carboxylic acids is 1. The van der Waals surface area contributed by atoms with E-state index in [1.54, 1.807) is 12.1 Å². The maximum atomic E-state index is 13.5. The predicted molar refractivity (Wildman–Crippen MR) is 119 cm³/mol. The molecule has 0 spiro atoms. The zero-order valence-electron chi connectivity index (χ0n) is 17.4. The van der Waals surface area contributed by atoms with Crippen LogP contribution in [0.2, 0.25) is 0 Å². The number of carbonyl (C=O) groups excluding carboxylic acids is 1. The van der Waals surface area contributed by atoms with E-state index in [1.165, 1.54) is 48.8 Å². The zero-order chi connectivity index (χ0) is 24.7. The molecular weight excluding hydrogens is 451 g/mol.